The topological polar surface area (TPSA) is 52.6 Å². The number of esters is 2. The van der Waals surface area contributed by atoms with Crippen molar-refractivity contribution in [3.63, 3.8) is 0 Å². The van der Waals surface area contributed by atoms with E-state index in [4.69, 9.17) is 9.47 Å². The molecular weight excluding hydrogens is 568 g/mol. The van der Waals surface area contributed by atoms with Gasteiger partial charge >= 0.3 is 11.9 Å². The minimum Gasteiger partial charge on any atom is -0.423 e. The molecule has 238 valence electrons. The third-order valence-electron chi connectivity index (χ3n) is 9.37. The summed E-state index contributed by atoms with van der Waals surface area (Å²) in [6.45, 7) is 20.6. The molecule has 4 heteroatoms. The summed E-state index contributed by atoms with van der Waals surface area (Å²) in [6, 6.07) is 16.3. The molecule has 46 heavy (non-hydrogen) atoms. The van der Waals surface area contributed by atoms with Crippen molar-refractivity contribution in [2.24, 2.45) is 0 Å². The Bertz CT molecular complexity index is 1640. The van der Waals surface area contributed by atoms with Crippen LogP contribution in [0, 0.1) is 55.4 Å². The van der Waals surface area contributed by atoms with Gasteiger partial charge in [0.2, 0.25) is 0 Å². The second kappa shape index (κ2) is 14.6. The molecule has 4 rings (SSSR count). The summed E-state index contributed by atoms with van der Waals surface area (Å²) in [7, 11) is 0. The number of hydrogen-bond donors (Lipinski definition) is 0. The summed E-state index contributed by atoms with van der Waals surface area (Å²) in [5.41, 5.74) is 14.6. The third kappa shape index (κ3) is 7.23. The van der Waals surface area contributed by atoms with E-state index in [2.05, 4.69) is 65.8 Å². The first-order valence-electron chi connectivity index (χ1n) is 16.1. The minimum absolute atomic E-state index is 0.408. The van der Waals surface area contributed by atoms with E-state index >= 15 is 0 Å². The Morgan fingerprint density at radius 2 is 0.761 bits per heavy atom. The van der Waals surface area contributed by atoms with E-state index in [0.29, 0.717) is 11.5 Å². The van der Waals surface area contributed by atoms with Crippen LogP contribution in [0.25, 0.3) is 23.3 Å². The quantitative estimate of drug-likeness (QED) is 0.107. The molecule has 0 radical (unpaired) electrons. The van der Waals surface area contributed by atoms with E-state index in [1.165, 1.54) is 23.3 Å². The van der Waals surface area contributed by atoms with Crippen molar-refractivity contribution in [3.8, 4) is 22.6 Å². The molecule has 4 aromatic carbocycles. The maximum atomic E-state index is 12.9. The van der Waals surface area contributed by atoms with Gasteiger partial charge in [0.1, 0.15) is 11.5 Å². The van der Waals surface area contributed by atoms with Crippen LogP contribution in [0.4, 0.5) is 0 Å². The number of ether oxygens (including phenoxy) is 2. The van der Waals surface area contributed by atoms with Crippen molar-refractivity contribution >= 4 is 24.1 Å². The molecule has 0 aliphatic carbocycles. The van der Waals surface area contributed by atoms with Gasteiger partial charge in [-0.3, -0.25) is 0 Å². The van der Waals surface area contributed by atoms with E-state index in [1.54, 1.807) is 12.2 Å². The lowest BCUT2D eigenvalue weighted by atomic mass is 9.82. The van der Waals surface area contributed by atoms with Crippen LogP contribution in [0.15, 0.2) is 60.7 Å². The van der Waals surface area contributed by atoms with Crippen molar-refractivity contribution in [2.75, 3.05) is 0 Å². The van der Waals surface area contributed by atoms with Crippen molar-refractivity contribution in [1.29, 1.82) is 0 Å². The van der Waals surface area contributed by atoms with Crippen LogP contribution in [0.5, 0.6) is 11.5 Å². The maximum absolute atomic E-state index is 12.9. The molecule has 0 aliphatic rings. The first-order valence-corrected chi connectivity index (χ1v) is 16.1. The Morgan fingerprint density at radius 1 is 0.478 bits per heavy atom. The lowest BCUT2D eigenvalue weighted by Gasteiger charge is -2.25. The summed E-state index contributed by atoms with van der Waals surface area (Å²) in [5.74, 6) is 0.379. The van der Waals surface area contributed by atoms with Gasteiger partial charge in [-0.05, 0) is 158 Å². The number of aryl methyl sites for hydroxylation is 2. The van der Waals surface area contributed by atoms with Crippen LogP contribution < -0.4 is 9.47 Å². The molecule has 0 bridgehead atoms. The predicted octanol–water partition coefficient (Wildman–Crippen LogP) is 10.2. The molecule has 4 nitrogen and oxygen atoms in total. The Morgan fingerprint density at radius 3 is 1.02 bits per heavy atom. The summed E-state index contributed by atoms with van der Waals surface area (Å²) >= 11 is 0. The van der Waals surface area contributed by atoms with Gasteiger partial charge in [0.15, 0.2) is 0 Å². The van der Waals surface area contributed by atoms with Gasteiger partial charge in [0.25, 0.3) is 0 Å². The monoisotopic (exact) mass is 614 g/mol. The lowest BCUT2D eigenvalue weighted by Crippen LogP contribution is -2.11. The summed E-state index contributed by atoms with van der Waals surface area (Å²) in [4.78, 5) is 25.8. The summed E-state index contributed by atoms with van der Waals surface area (Å²) < 4.78 is 11.9. The molecule has 0 atom stereocenters. The van der Waals surface area contributed by atoms with Crippen LogP contribution in [-0.4, -0.2) is 11.9 Å². The second-order valence-electron chi connectivity index (χ2n) is 12.1. The molecule has 0 fully saturated rings. The fraction of sp³-hybridized carbons (Fsp3) is 0.286. The third-order valence-corrected chi connectivity index (χ3v) is 9.37. The molecule has 4 aromatic rings. The van der Waals surface area contributed by atoms with Gasteiger partial charge in [0, 0.05) is 12.2 Å². The normalized spacial score (nSPS) is 11.4. The zero-order valence-electron chi connectivity index (χ0n) is 29.0. The van der Waals surface area contributed by atoms with E-state index in [9.17, 15) is 9.59 Å². The SMILES string of the molecule is CCc1ccc(/C=C/C(=O)Oc2c(C)c(C)c(-c3c(C)c(C)c(OC(=O)/C=C/c4ccc(CC)cc4)c(C)c3C)c(C)c2C)cc1. The number of rotatable bonds is 9. The van der Waals surface area contributed by atoms with E-state index in [0.717, 1.165) is 79.6 Å². The van der Waals surface area contributed by atoms with Gasteiger partial charge in [-0.2, -0.15) is 0 Å². The molecule has 0 heterocycles. The number of benzene rings is 4. The molecule has 0 amide bonds. The number of carbonyl (C=O) groups is 2. The fourth-order valence-electron chi connectivity index (χ4n) is 5.94. The van der Waals surface area contributed by atoms with Gasteiger partial charge < -0.3 is 9.47 Å². The van der Waals surface area contributed by atoms with Crippen LogP contribution in [0.1, 0.15) is 80.6 Å². The Kier molecular flexibility index (Phi) is 10.8. The number of hydrogen-bond acceptors (Lipinski definition) is 4. The fourth-order valence-corrected chi connectivity index (χ4v) is 5.94. The number of carbonyl (C=O) groups excluding carboxylic acids is 2. The lowest BCUT2D eigenvalue weighted by molar-refractivity contribution is -0.129. The largest absolute Gasteiger partial charge is 0.423 e. The molecular formula is C42H46O4. The maximum Gasteiger partial charge on any atom is 0.336 e. The first-order chi connectivity index (χ1) is 21.9. The van der Waals surface area contributed by atoms with Crippen LogP contribution in [0.3, 0.4) is 0 Å². The van der Waals surface area contributed by atoms with Gasteiger partial charge in [-0.15, -0.1) is 0 Å². The van der Waals surface area contributed by atoms with Gasteiger partial charge in [-0.25, -0.2) is 9.59 Å². The summed E-state index contributed by atoms with van der Waals surface area (Å²) in [5, 5.41) is 0. The van der Waals surface area contributed by atoms with Gasteiger partial charge in [-0.1, -0.05) is 62.4 Å². The van der Waals surface area contributed by atoms with Crippen LogP contribution in [-0.2, 0) is 22.4 Å². The molecule has 0 spiro atoms. The Labute approximate surface area is 274 Å². The average Bonchev–Trinajstić information content (AvgIpc) is 3.06. The molecule has 0 saturated heterocycles. The average molecular weight is 615 g/mol. The van der Waals surface area contributed by atoms with Gasteiger partial charge in [0.05, 0.1) is 0 Å². The van der Waals surface area contributed by atoms with Crippen molar-refractivity contribution in [1.82, 2.24) is 0 Å². The molecule has 0 aliphatic heterocycles. The minimum atomic E-state index is -0.408. The van der Waals surface area contributed by atoms with Crippen LogP contribution in [0.2, 0.25) is 0 Å². The Hall–Kier alpha value is -4.70. The van der Waals surface area contributed by atoms with Crippen LogP contribution >= 0.6 is 0 Å². The van der Waals surface area contributed by atoms with Crippen molar-refractivity contribution in [2.45, 2.75) is 82.1 Å². The highest BCUT2D eigenvalue weighted by Crippen LogP contribution is 2.44. The highest BCUT2D eigenvalue weighted by atomic mass is 16.5. The predicted molar refractivity (Wildman–Crippen MR) is 191 cm³/mol. The standard InChI is InChI=1S/C42H46O4/c1-11-33-13-17-35(18-14-33)21-23-37(43)45-41-29(7)25(3)39(26(4)30(41)8)40-27(5)31(9)42(32(10)28(40)6)46-38(44)24-22-36-19-15-34(12-2)16-20-36/h13-24H,11-12H2,1-10H3/b23-21+,24-22+. The van der Waals surface area contributed by atoms with E-state index in [1.807, 2.05) is 52.0 Å². The van der Waals surface area contributed by atoms with E-state index < -0.39 is 11.9 Å². The molecule has 0 N–H and O–H groups in total. The van der Waals surface area contributed by atoms with E-state index in [-0.39, 0.29) is 0 Å². The Balaban J connectivity index is 1.63. The highest BCUT2D eigenvalue weighted by Gasteiger charge is 2.24. The zero-order valence-corrected chi connectivity index (χ0v) is 29.0. The summed E-state index contributed by atoms with van der Waals surface area (Å²) in [6.07, 6.45) is 8.48. The van der Waals surface area contributed by atoms with Crippen molar-refractivity contribution < 1.29 is 19.1 Å². The first kappa shape index (κ1) is 34.2. The zero-order chi connectivity index (χ0) is 33.7. The van der Waals surface area contributed by atoms with Crippen molar-refractivity contribution in [3.05, 3.63) is 127 Å². The smallest absolute Gasteiger partial charge is 0.336 e. The molecule has 0 aromatic heterocycles. The second-order valence-corrected chi connectivity index (χ2v) is 12.1. The highest BCUT2D eigenvalue weighted by molar-refractivity contribution is 5.91. The molecule has 0 unspecified atom stereocenters. The molecule has 0 saturated carbocycles.